The van der Waals surface area contributed by atoms with Gasteiger partial charge in [0, 0.05) is 21.2 Å². The van der Waals surface area contributed by atoms with Gasteiger partial charge in [0.2, 0.25) is 0 Å². The Bertz CT molecular complexity index is 507. The molecule has 0 aliphatic rings. The summed E-state index contributed by atoms with van der Waals surface area (Å²) in [5.41, 5.74) is 7.27. The SMILES string of the molecule is Cc1occc1SC(c1ccc(Cl)cc1)C(C)N. The van der Waals surface area contributed by atoms with Crippen molar-refractivity contribution in [1.82, 2.24) is 0 Å². The maximum absolute atomic E-state index is 6.09. The average Bonchev–Trinajstić information content (AvgIpc) is 2.73. The minimum atomic E-state index is 0.0467. The number of rotatable bonds is 4. The van der Waals surface area contributed by atoms with Gasteiger partial charge >= 0.3 is 0 Å². The maximum atomic E-state index is 6.09. The van der Waals surface area contributed by atoms with Crippen LogP contribution in [0.15, 0.2) is 45.9 Å². The number of hydrogen-bond acceptors (Lipinski definition) is 3. The molecule has 0 fully saturated rings. The Morgan fingerprint density at radius 3 is 2.39 bits per heavy atom. The molecule has 96 valence electrons. The van der Waals surface area contributed by atoms with Gasteiger partial charge in [0.25, 0.3) is 0 Å². The van der Waals surface area contributed by atoms with Crippen molar-refractivity contribution in [2.45, 2.75) is 30.0 Å². The van der Waals surface area contributed by atoms with Crippen LogP contribution >= 0.6 is 23.4 Å². The highest BCUT2D eigenvalue weighted by molar-refractivity contribution is 7.99. The molecular weight excluding hydrogens is 266 g/mol. The number of furan rings is 1. The first-order chi connectivity index (χ1) is 8.58. The number of benzene rings is 1. The van der Waals surface area contributed by atoms with Crippen LogP contribution in [0.3, 0.4) is 0 Å². The zero-order chi connectivity index (χ0) is 13.1. The van der Waals surface area contributed by atoms with Gasteiger partial charge in [-0.2, -0.15) is 0 Å². The third kappa shape index (κ3) is 3.10. The third-order valence-corrected chi connectivity index (χ3v) is 4.63. The van der Waals surface area contributed by atoms with Crippen molar-refractivity contribution in [3.05, 3.63) is 52.9 Å². The number of nitrogens with two attached hydrogens (primary N) is 1. The molecule has 0 saturated heterocycles. The Hall–Kier alpha value is -0.900. The highest BCUT2D eigenvalue weighted by Gasteiger charge is 2.19. The molecule has 4 heteroatoms. The van der Waals surface area contributed by atoms with Gasteiger partial charge in [0.15, 0.2) is 0 Å². The lowest BCUT2D eigenvalue weighted by molar-refractivity contribution is 0.526. The van der Waals surface area contributed by atoms with E-state index in [1.54, 1.807) is 18.0 Å². The molecule has 2 atom stereocenters. The summed E-state index contributed by atoms with van der Waals surface area (Å²) in [7, 11) is 0. The van der Waals surface area contributed by atoms with Crippen molar-refractivity contribution in [3.8, 4) is 0 Å². The van der Waals surface area contributed by atoms with Crippen LogP contribution < -0.4 is 5.73 Å². The first kappa shape index (κ1) is 13.5. The molecule has 0 spiro atoms. The third-order valence-electron chi connectivity index (χ3n) is 2.74. The molecule has 2 aromatic rings. The average molecular weight is 282 g/mol. The standard InChI is InChI=1S/C14H16ClNOS/c1-9(16)14(11-3-5-12(15)6-4-11)18-13-7-8-17-10(13)2/h3-9,14H,16H2,1-2H3. The van der Waals surface area contributed by atoms with E-state index in [9.17, 15) is 0 Å². The van der Waals surface area contributed by atoms with Crippen molar-refractivity contribution < 1.29 is 4.42 Å². The molecule has 1 aromatic heterocycles. The maximum Gasteiger partial charge on any atom is 0.114 e. The highest BCUT2D eigenvalue weighted by atomic mass is 35.5. The summed E-state index contributed by atoms with van der Waals surface area (Å²) in [6.07, 6.45) is 1.71. The van der Waals surface area contributed by atoms with E-state index in [1.807, 2.05) is 44.2 Å². The fraction of sp³-hybridized carbons (Fsp3) is 0.286. The van der Waals surface area contributed by atoms with E-state index in [1.165, 1.54) is 5.56 Å². The molecule has 2 unspecified atom stereocenters. The molecule has 2 nitrogen and oxygen atoms in total. The van der Waals surface area contributed by atoms with Crippen LogP contribution in [0.2, 0.25) is 5.02 Å². The summed E-state index contributed by atoms with van der Waals surface area (Å²) in [6, 6.07) is 9.87. The van der Waals surface area contributed by atoms with Crippen molar-refractivity contribution in [1.29, 1.82) is 0 Å². The van der Waals surface area contributed by atoms with E-state index in [0.717, 1.165) is 15.7 Å². The monoisotopic (exact) mass is 281 g/mol. The van der Waals surface area contributed by atoms with Crippen LogP contribution in [-0.4, -0.2) is 6.04 Å². The number of thioether (sulfide) groups is 1. The largest absolute Gasteiger partial charge is 0.468 e. The van der Waals surface area contributed by atoms with Gasteiger partial charge in [-0.15, -0.1) is 11.8 Å². The Morgan fingerprint density at radius 2 is 1.89 bits per heavy atom. The van der Waals surface area contributed by atoms with E-state index >= 15 is 0 Å². The zero-order valence-electron chi connectivity index (χ0n) is 10.4. The van der Waals surface area contributed by atoms with Crippen LogP contribution in [0.4, 0.5) is 0 Å². The molecule has 2 N–H and O–H groups in total. The Labute approximate surface area is 117 Å². The fourth-order valence-electron chi connectivity index (χ4n) is 1.76. The van der Waals surface area contributed by atoms with Crippen LogP contribution in [0, 0.1) is 6.92 Å². The van der Waals surface area contributed by atoms with Gasteiger partial charge in [-0.3, -0.25) is 0 Å². The van der Waals surface area contributed by atoms with Gasteiger partial charge in [-0.1, -0.05) is 23.7 Å². The molecule has 0 bridgehead atoms. The van der Waals surface area contributed by atoms with E-state index in [4.69, 9.17) is 21.8 Å². The molecular formula is C14H16ClNOS. The summed E-state index contributed by atoms with van der Waals surface area (Å²) in [5.74, 6) is 0.930. The molecule has 0 amide bonds. The van der Waals surface area contributed by atoms with E-state index in [-0.39, 0.29) is 11.3 Å². The van der Waals surface area contributed by atoms with Crippen LogP contribution in [0.5, 0.6) is 0 Å². The second-order valence-electron chi connectivity index (χ2n) is 4.29. The zero-order valence-corrected chi connectivity index (χ0v) is 12.0. The summed E-state index contributed by atoms with van der Waals surface area (Å²) in [6.45, 7) is 3.98. The lowest BCUT2D eigenvalue weighted by atomic mass is 10.1. The minimum absolute atomic E-state index is 0.0467. The molecule has 2 rings (SSSR count). The first-order valence-corrected chi connectivity index (χ1v) is 7.05. The minimum Gasteiger partial charge on any atom is -0.468 e. The van der Waals surface area contributed by atoms with Crippen molar-refractivity contribution >= 4 is 23.4 Å². The van der Waals surface area contributed by atoms with Crippen LogP contribution in [0.1, 0.15) is 23.5 Å². The summed E-state index contributed by atoms with van der Waals surface area (Å²) in [4.78, 5) is 1.13. The summed E-state index contributed by atoms with van der Waals surface area (Å²) < 4.78 is 5.32. The second-order valence-corrected chi connectivity index (χ2v) is 5.91. The van der Waals surface area contributed by atoms with E-state index in [0.29, 0.717) is 0 Å². The lowest BCUT2D eigenvalue weighted by Gasteiger charge is -2.20. The predicted molar refractivity (Wildman–Crippen MR) is 77.1 cm³/mol. The smallest absolute Gasteiger partial charge is 0.114 e. The van der Waals surface area contributed by atoms with Crippen molar-refractivity contribution in [2.75, 3.05) is 0 Å². The molecule has 0 aliphatic heterocycles. The number of halogens is 1. The summed E-state index contributed by atoms with van der Waals surface area (Å²) >= 11 is 7.64. The molecule has 18 heavy (non-hydrogen) atoms. The second kappa shape index (κ2) is 5.83. The topological polar surface area (TPSA) is 39.2 Å². The van der Waals surface area contributed by atoms with Crippen LogP contribution in [0.25, 0.3) is 0 Å². The Kier molecular flexibility index (Phi) is 4.38. The normalized spacial score (nSPS) is 14.4. The van der Waals surface area contributed by atoms with Gasteiger partial charge in [-0.05, 0) is 37.6 Å². The predicted octanol–water partition coefficient (Wildman–Crippen LogP) is 4.42. The molecule has 0 saturated carbocycles. The molecule has 0 radical (unpaired) electrons. The fourth-order valence-corrected chi connectivity index (χ4v) is 3.02. The Morgan fingerprint density at radius 1 is 1.22 bits per heavy atom. The van der Waals surface area contributed by atoms with Crippen LogP contribution in [-0.2, 0) is 0 Å². The van der Waals surface area contributed by atoms with Gasteiger partial charge in [-0.25, -0.2) is 0 Å². The van der Waals surface area contributed by atoms with Gasteiger partial charge in [0.05, 0.1) is 6.26 Å². The van der Waals surface area contributed by atoms with E-state index < -0.39 is 0 Å². The lowest BCUT2D eigenvalue weighted by Crippen LogP contribution is -2.22. The molecule has 1 aromatic carbocycles. The van der Waals surface area contributed by atoms with Gasteiger partial charge < -0.3 is 10.2 Å². The van der Waals surface area contributed by atoms with E-state index in [2.05, 4.69) is 0 Å². The van der Waals surface area contributed by atoms with Gasteiger partial charge in [0.1, 0.15) is 5.76 Å². The summed E-state index contributed by atoms with van der Waals surface area (Å²) in [5, 5.41) is 0.935. The quantitative estimate of drug-likeness (QED) is 0.843. The molecule has 0 aliphatic carbocycles. The Balaban J connectivity index is 2.24. The number of aryl methyl sites for hydroxylation is 1. The number of hydrogen-bond donors (Lipinski definition) is 1. The van der Waals surface area contributed by atoms with Crippen molar-refractivity contribution in [2.24, 2.45) is 5.73 Å². The first-order valence-electron chi connectivity index (χ1n) is 5.79. The van der Waals surface area contributed by atoms with Crippen molar-refractivity contribution in [3.63, 3.8) is 0 Å². The highest BCUT2D eigenvalue weighted by Crippen LogP contribution is 2.39. The molecule has 1 heterocycles.